The number of hydrogen-bond acceptors (Lipinski definition) is 5. The first-order valence-electron chi connectivity index (χ1n) is 7.26. The first-order chi connectivity index (χ1) is 12.1. The van der Waals surface area contributed by atoms with E-state index in [0.717, 1.165) is 18.2 Å². The lowest BCUT2D eigenvalue weighted by molar-refractivity contribution is -0.461. The number of nitrogens with one attached hydrogen (secondary N) is 2. The van der Waals surface area contributed by atoms with E-state index >= 15 is 0 Å². The van der Waals surface area contributed by atoms with Gasteiger partial charge in [-0.1, -0.05) is 0 Å². The van der Waals surface area contributed by atoms with Gasteiger partial charge in [-0.15, -0.1) is 8.78 Å². The van der Waals surface area contributed by atoms with E-state index in [9.17, 15) is 22.4 Å². The summed E-state index contributed by atoms with van der Waals surface area (Å²) < 4.78 is 60.7. The van der Waals surface area contributed by atoms with Gasteiger partial charge in [-0.2, -0.15) is 8.78 Å². The third-order valence-electron chi connectivity index (χ3n) is 3.29. The summed E-state index contributed by atoms with van der Waals surface area (Å²) in [6, 6.07) is 2.11. The Balaban J connectivity index is 1.67. The minimum atomic E-state index is -4.45. The number of nitrogens with zero attached hydrogens (tertiary/aromatic N) is 2. The van der Waals surface area contributed by atoms with Crippen LogP contribution in [0, 0.1) is 6.92 Å². The molecule has 0 bridgehead atoms. The number of fused-ring (bicyclic) bond motifs is 1. The van der Waals surface area contributed by atoms with Crippen molar-refractivity contribution in [2.75, 3.05) is 5.32 Å². The zero-order valence-corrected chi connectivity index (χ0v) is 13.2. The molecular formula is C15H12F4N4O3. The summed E-state index contributed by atoms with van der Waals surface area (Å²) >= 11 is 0. The molecule has 1 aliphatic rings. The van der Waals surface area contributed by atoms with Crippen molar-refractivity contribution in [3.8, 4) is 5.75 Å². The van der Waals surface area contributed by atoms with Crippen molar-refractivity contribution in [2.45, 2.75) is 25.9 Å². The van der Waals surface area contributed by atoms with Crippen molar-refractivity contribution >= 4 is 11.7 Å². The highest BCUT2D eigenvalue weighted by Crippen LogP contribution is 2.46. The molecule has 3 rings (SSSR count). The average Bonchev–Trinajstić information content (AvgIpc) is 2.53. The van der Waals surface area contributed by atoms with Crippen LogP contribution in [0.1, 0.15) is 17.0 Å². The van der Waals surface area contributed by atoms with Gasteiger partial charge in [0.25, 0.3) is 0 Å². The van der Waals surface area contributed by atoms with Crippen LogP contribution in [-0.2, 0) is 17.4 Å². The van der Waals surface area contributed by atoms with Gasteiger partial charge < -0.3 is 15.4 Å². The molecule has 1 aromatic heterocycles. The molecule has 2 heterocycles. The standard InChI is InChI=1S/C15H12F4N4O3/c1-8-5-21-10(6-20-8)7-22-13(24)23-9-2-3-12-11(4-9)14(16,17)26-15(18,19)25-12/h2-6H,7H2,1H3,(H2,22,23,24). The third-order valence-corrected chi connectivity index (χ3v) is 3.29. The summed E-state index contributed by atoms with van der Waals surface area (Å²) in [5.74, 6) is -0.743. The second-order valence-corrected chi connectivity index (χ2v) is 5.35. The number of urea groups is 1. The van der Waals surface area contributed by atoms with E-state index in [-0.39, 0.29) is 12.2 Å². The zero-order valence-electron chi connectivity index (χ0n) is 13.2. The maximum absolute atomic E-state index is 13.7. The SMILES string of the molecule is Cc1cnc(CNC(=O)Nc2ccc3c(c2)C(F)(F)OC(F)(F)O3)cn1. The quantitative estimate of drug-likeness (QED) is 0.809. The Morgan fingerprint density at radius 1 is 1.19 bits per heavy atom. The Kier molecular flexibility index (Phi) is 4.40. The van der Waals surface area contributed by atoms with Gasteiger partial charge in [0.15, 0.2) is 0 Å². The molecule has 7 nitrogen and oxygen atoms in total. The molecule has 0 spiro atoms. The molecule has 0 aliphatic carbocycles. The van der Waals surface area contributed by atoms with Gasteiger partial charge in [-0.3, -0.25) is 9.97 Å². The highest BCUT2D eigenvalue weighted by Gasteiger charge is 2.54. The predicted molar refractivity (Wildman–Crippen MR) is 79.6 cm³/mol. The highest BCUT2D eigenvalue weighted by atomic mass is 19.3. The summed E-state index contributed by atoms with van der Waals surface area (Å²) in [5.41, 5.74) is 0.217. The van der Waals surface area contributed by atoms with Crippen molar-refractivity contribution in [1.82, 2.24) is 15.3 Å². The first-order valence-corrected chi connectivity index (χ1v) is 7.26. The van der Waals surface area contributed by atoms with Gasteiger partial charge in [-0.25, -0.2) is 9.53 Å². The molecule has 2 aromatic rings. The summed E-state index contributed by atoms with van der Waals surface area (Å²) in [7, 11) is 0. The van der Waals surface area contributed by atoms with Crippen molar-refractivity contribution in [3.63, 3.8) is 0 Å². The van der Waals surface area contributed by atoms with E-state index in [2.05, 4.69) is 30.1 Å². The van der Waals surface area contributed by atoms with Crippen molar-refractivity contribution in [2.24, 2.45) is 0 Å². The van der Waals surface area contributed by atoms with Crippen LogP contribution in [0.25, 0.3) is 0 Å². The van der Waals surface area contributed by atoms with E-state index < -0.39 is 29.7 Å². The zero-order chi connectivity index (χ0) is 18.9. The average molecular weight is 372 g/mol. The van der Waals surface area contributed by atoms with Crippen LogP contribution in [0.5, 0.6) is 5.75 Å². The van der Waals surface area contributed by atoms with Gasteiger partial charge in [0.1, 0.15) is 5.75 Å². The highest BCUT2D eigenvalue weighted by molar-refractivity contribution is 5.89. The van der Waals surface area contributed by atoms with Crippen LogP contribution in [0.15, 0.2) is 30.6 Å². The number of alkyl halides is 4. The van der Waals surface area contributed by atoms with Gasteiger partial charge in [-0.05, 0) is 25.1 Å². The number of rotatable bonds is 3. The van der Waals surface area contributed by atoms with Crippen LogP contribution in [-0.4, -0.2) is 22.3 Å². The van der Waals surface area contributed by atoms with Crippen LogP contribution in [0.4, 0.5) is 28.0 Å². The number of aryl methyl sites for hydroxylation is 1. The lowest BCUT2D eigenvalue weighted by atomic mass is 10.1. The number of halogens is 4. The fourth-order valence-corrected chi connectivity index (χ4v) is 2.13. The summed E-state index contributed by atoms with van der Waals surface area (Å²) in [6.45, 7) is 1.81. The van der Waals surface area contributed by atoms with Crippen molar-refractivity contribution in [1.29, 1.82) is 0 Å². The predicted octanol–water partition coefficient (Wildman–Crippen LogP) is 3.12. The van der Waals surface area contributed by atoms with E-state index in [1.807, 2.05) is 0 Å². The molecule has 1 aromatic carbocycles. The van der Waals surface area contributed by atoms with E-state index in [1.54, 1.807) is 6.92 Å². The molecule has 1 aliphatic heterocycles. The Morgan fingerprint density at radius 2 is 1.96 bits per heavy atom. The third kappa shape index (κ3) is 3.99. The number of aromatic nitrogens is 2. The van der Waals surface area contributed by atoms with E-state index in [0.29, 0.717) is 11.4 Å². The lowest BCUT2D eigenvalue weighted by Gasteiger charge is -2.30. The first kappa shape index (κ1) is 17.9. The molecule has 0 saturated heterocycles. The van der Waals surface area contributed by atoms with Crippen molar-refractivity contribution in [3.05, 3.63) is 47.5 Å². The fraction of sp³-hybridized carbons (Fsp3) is 0.267. The minimum absolute atomic E-state index is 0.0542. The second-order valence-electron chi connectivity index (χ2n) is 5.35. The molecule has 0 radical (unpaired) electrons. The molecule has 0 saturated carbocycles. The fourth-order valence-electron chi connectivity index (χ4n) is 2.13. The van der Waals surface area contributed by atoms with Crippen LogP contribution >= 0.6 is 0 Å². The topological polar surface area (TPSA) is 85.4 Å². The Labute approximate surface area is 144 Å². The molecule has 138 valence electrons. The minimum Gasteiger partial charge on any atom is -0.409 e. The summed E-state index contributed by atoms with van der Waals surface area (Å²) in [6.07, 6.45) is -5.72. The van der Waals surface area contributed by atoms with Crippen LogP contribution in [0.3, 0.4) is 0 Å². The van der Waals surface area contributed by atoms with Crippen LogP contribution in [0.2, 0.25) is 0 Å². The number of benzene rings is 1. The Bertz CT molecular complexity index is 830. The molecule has 26 heavy (non-hydrogen) atoms. The smallest absolute Gasteiger partial charge is 0.409 e. The van der Waals surface area contributed by atoms with E-state index in [1.165, 1.54) is 12.4 Å². The number of anilines is 1. The molecule has 0 atom stereocenters. The van der Waals surface area contributed by atoms with Gasteiger partial charge >= 0.3 is 18.4 Å². The number of hydrogen-bond donors (Lipinski definition) is 2. The van der Waals surface area contributed by atoms with E-state index in [4.69, 9.17) is 0 Å². The Morgan fingerprint density at radius 3 is 2.65 bits per heavy atom. The van der Waals surface area contributed by atoms with Crippen molar-refractivity contribution < 1.29 is 31.8 Å². The maximum Gasteiger partial charge on any atom is 0.540 e. The maximum atomic E-state index is 13.7. The largest absolute Gasteiger partial charge is 0.540 e. The monoisotopic (exact) mass is 372 g/mol. The van der Waals surface area contributed by atoms with Gasteiger partial charge in [0.2, 0.25) is 0 Å². The summed E-state index contributed by atoms with van der Waals surface area (Å²) in [4.78, 5) is 19.9. The lowest BCUT2D eigenvalue weighted by Crippen LogP contribution is -2.41. The normalized spacial score (nSPS) is 17.0. The molecule has 0 unspecified atom stereocenters. The second kappa shape index (κ2) is 6.41. The molecule has 2 N–H and O–H groups in total. The molecule has 2 amide bonds. The van der Waals surface area contributed by atoms with Gasteiger partial charge in [0, 0.05) is 11.9 Å². The molecule has 0 fully saturated rings. The number of ether oxygens (including phenoxy) is 2. The number of carbonyl (C=O) groups excluding carboxylic acids is 1. The molecule has 11 heteroatoms. The Hall–Kier alpha value is -2.95. The van der Waals surface area contributed by atoms with Gasteiger partial charge in [0.05, 0.1) is 29.7 Å². The van der Waals surface area contributed by atoms with Crippen LogP contribution < -0.4 is 15.4 Å². The number of carbonyl (C=O) groups is 1. The number of amides is 2. The summed E-state index contributed by atoms with van der Waals surface area (Å²) in [5, 5.41) is 4.76. The molecular weight excluding hydrogens is 360 g/mol.